The Bertz CT molecular complexity index is 994. The smallest absolute Gasteiger partial charge is 0.253 e. The number of hydrogen-bond acceptors (Lipinski definition) is 4. The standard InChI is InChI=1S/C17H13ClF2N4O/c1-9-5-10(8-24(2)16(9)25)14-7-15(18)23-17(22-14)21-13-4-3-11(19)6-12(13)20/h3-8H,1-2H3,(H,21,22,23). The van der Waals surface area contributed by atoms with E-state index in [4.69, 9.17) is 11.6 Å². The lowest BCUT2D eigenvalue weighted by Crippen LogP contribution is -2.18. The molecule has 1 aromatic carbocycles. The molecule has 0 atom stereocenters. The molecule has 0 aliphatic rings. The van der Waals surface area contributed by atoms with E-state index >= 15 is 0 Å². The van der Waals surface area contributed by atoms with E-state index in [9.17, 15) is 13.6 Å². The van der Waals surface area contributed by atoms with E-state index in [1.807, 2.05) is 0 Å². The first-order valence-electron chi connectivity index (χ1n) is 7.28. The van der Waals surface area contributed by atoms with Crippen molar-refractivity contribution in [3.8, 4) is 11.3 Å². The zero-order valence-corrected chi connectivity index (χ0v) is 14.1. The number of rotatable bonds is 3. The minimum Gasteiger partial charge on any atom is -0.322 e. The van der Waals surface area contributed by atoms with E-state index in [-0.39, 0.29) is 22.3 Å². The van der Waals surface area contributed by atoms with E-state index in [0.29, 0.717) is 16.8 Å². The van der Waals surface area contributed by atoms with Gasteiger partial charge in [-0.15, -0.1) is 0 Å². The number of anilines is 2. The van der Waals surface area contributed by atoms with Crippen LogP contribution in [0.2, 0.25) is 5.15 Å². The highest BCUT2D eigenvalue weighted by Gasteiger charge is 2.11. The SMILES string of the molecule is Cc1cc(-c2cc(Cl)nc(Nc3ccc(F)cc3F)n2)cn(C)c1=O. The van der Waals surface area contributed by atoms with E-state index in [1.165, 1.54) is 16.7 Å². The lowest BCUT2D eigenvalue weighted by atomic mass is 10.1. The Kier molecular flexibility index (Phi) is 4.50. The fourth-order valence-electron chi connectivity index (χ4n) is 2.35. The summed E-state index contributed by atoms with van der Waals surface area (Å²) in [6.07, 6.45) is 1.62. The molecule has 25 heavy (non-hydrogen) atoms. The molecule has 0 amide bonds. The Hall–Kier alpha value is -2.80. The largest absolute Gasteiger partial charge is 0.322 e. The molecule has 2 heterocycles. The summed E-state index contributed by atoms with van der Waals surface area (Å²) in [5.41, 5.74) is 1.57. The predicted molar refractivity (Wildman–Crippen MR) is 92.1 cm³/mol. The van der Waals surface area contributed by atoms with Crippen LogP contribution in [-0.4, -0.2) is 14.5 Å². The summed E-state index contributed by atoms with van der Waals surface area (Å²) in [4.78, 5) is 20.1. The summed E-state index contributed by atoms with van der Waals surface area (Å²) in [6, 6.07) is 6.33. The van der Waals surface area contributed by atoms with Crippen LogP contribution in [0, 0.1) is 18.6 Å². The molecule has 0 spiro atoms. The topological polar surface area (TPSA) is 59.8 Å². The lowest BCUT2D eigenvalue weighted by Gasteiger charge is -2.10. The van der Waals surface area contributed by atoms with Crippen LogP contribution in [0.5, 0.6) is 0 Å². The Morgan fingerprint density at radius 1 is 1.16 bits per heavy atom. The maximum absolute atomic E-state index is 13.8. The van der Waals surface area contributed by atoms with E-state index in [2.05, 4.69) is 15.3 Å². The molecule has 0 bridgehead atoms. The number of aromatic nitrogens is 3. The molecule has 0 saturated heterocycles. The molecule has 3 rings (SSSR count). The van der Waals surface area contributed by atoms with Crippen molar-refractivity contribution >= 4 is 23.2 Å². The van der Waals surface area contributed by atoms with Gasteiger partial charge in [0, 0.05) is 36.5 Å². The number of halogens is 3. The Morgan fingerprint density at radius 3 is 2.60 bits per heavy atom. The summed E-state index contributed by atoms with van der Waals surface area (Å²) < 4.78 is 28.2. The maximum atomic E-state index is 13.8. The summed E-state index contributed by atoms with van der Waals surface area (Å²) >= 11 is 6.03. The average Bonchev–Trinajstić information content (AvgIpc) is 2.54. The van der Waals surface area contributed by atoms with Gasteiger partial charge in [-0.1, -0.05) is 11.6 Å². The van der Waals surface area contributed by atoms with Crippen LogP contribution in [0.15, 0.2) is 41.3 Å². The monoisotopic (exact) mass is 362 g/mol. The Morgan fingerprint density at radius 2 is 1.92 bits per heavy atom. The third kappa shape index (κ3) is 3.66. The Balaban J connectivity index is 2.02. The molecular formula is C17H13ClF2N4O. The van der Waals surface area contributed by atoms with E-state index in [0.717, 1.165) is 12.1 Å². The molecule has 5 nitrogen and oxygen atoms in total. The normalized spacial score (nSPS) is 10.8. The molecule has 1 N–H and O–H groups in total. The molecule has 0 fully saturated rings. The van der Waals surface area contributed by atoms with Gasteiger partial charge in [0.25, 0.3) is 5.56 Å². The molecule has 0 unspecified atom stereocenters. The summed E-state index contributed by atoms with van der Waals surface area (Å²) in [5, 5.41) is 2.81. The van der Waals surface area contributed by atoms with Crippen molar-refractivity contribution in [2.24, 2.45) is 7.05 Å². The fourth-order valence-corrected chi connectivity index (χ4v) is 2.53. The molecule has 0 radical (unpaired) electrons. The molecule has 128 valence electrons. The minimum atomic E-state index is -0.775. The van der Waals surface area contributed by atoms with Crippen molar-refractivity contribution < 1.29 is 8.78 Å². The highest BCUT2D eigenvalue weighted by molar-refractivity contribution is 6.29. The molecule has 8 heteroatoms. The zero-order chi connectivity index (χ0) is 18.1. The van der Waals surface area contributed by atoms with Crippen LogP contribution in [0.1, 0.15) is 5.56 Å². The summed E-state index contributed by atoms with van der Waals surface area (Å²) in [5.74, 6) is -1.40. The van der Waals surface area contributed by atoms with Crippen LogP contribution in [0.3, 0.4) is 0 Å². The highest BCUT2D eigenvalue weighted by Crippen LogP contribution is 2.24. The molecule has 0 aliphatic carbocycles. The van der Waals surface area contributed by atoms with Crippen LogP contribution < -0.4 is 10.9 Å². The van der Waals surface area contributed by atoms with Gasteiger partial charge in [-0.3, -0.25) is 4.79 Å². The number of nitrogens with zero attached hydrogens (tertiary/aromatic N) is 3. The van der Waals surface area contributed by atoms with Gasteiger partial charge in [0.1, 0.15) is 16.8 Å². The van der Waals surface area contributed by atoms with Gasteiger partial charge in [-0.2, -0.15) is 0 Å². The van der Waals surface area contributed by atoms with E-state index < -0.39 is 11.6 Å². The first-order valence-corrected chi connectivity index (χ1v) is 7.65. The Labute approximate surface area is 146 Å². The number of nitrogens with one attached hydrogen (secondary N) is 1. The highest BCUT2D eigenvalue weighted by atomic mass is 35.5. The number of pyridine rings is 1. The van der Waals surface area contributed by atoms with Crippen molar-refractivity contribution in [1.82, 2.24) is 14.5 Å². The second kappa shape index (κ2) is 6.60. The fraction of sp³-hybridized carbons (Fsp3) is 0.118. The maximum Gasteiger partial charge on any atom is 0.253 e. The van der Waals surface area contributed by atoms with Crippen molar-refractivity contribution in [3.05, 3.63) is 69.2 Å². The molecule has 0 aliphatic heterocycles. The average molecular weight is 363 g/mol. The third-order valence-corrected chi connectivity index (χ3v) is 3.72. The van der Waals surface area contributed by atoms with E-state index in [1.54, 1.807) is 26.2 Å². The van der Waals surface area contributed by atoms with Gasteiger partial charge in [-0.25, -0.2) is 18.7 Å². The van der Waals surface area contributed by atoms with Crippen LogP contribution in [0.4, 0.5) is 20.4 Å². The second-order valence-electron chi connectivity index (χ2n) is 5.48. The minimum absolute atomic E-state index is 0.0197. The molecule has 0 saturated carbocycles. The van der Waals surface area contributed by atoms with Crippen molar-refractivity contribution in [2.45, 2.75) is 6.92 Å². The summed E-state index contributed by atoms with van der Waals surface area (Å²) in [6.45, 7) is 1.70. The van der Waals surface area contributed by atoms with Gasteiger partial charge >= 0.3 is 0 Å². The van der Waals surface area contributed by atoms with Crippen LogP contribution >= 0.6 is 11.6 Å². The molecule has 2 aromatic heterocycles. The number of benzene rings is 1. The molecule has 3 aromatic rings. The van der Waals surface area contributed by atoms with Crippen molar-refractivity contribution in [3.63, 3.8) is 0 Å². The van der Waals surface area contributed by atoms with Gasteiger partial charge in [0.2, 0.25) is 5.95 Å². The zero-order valence-electron chi connectivity index (χ0n) is 13.3. The number of aryl methyl sites for hydroxylation is 2. The quantitative estimate of drug-likeness (QED) is 0.719. The summed E-state index contributed by atoms with van der Waals surface area (Å²) in [7, 11) is 1.63. The lowest BCUT2D eigenvalue weighted by molar-refractivity contribution is 0.586. The van der Waals surface area contributed by atoms with Crippen LogP contribution in [-0.2, 0) is 7.05 Å². The number of hydrogen-bond donors (Lipinski definition) is 1. The predicted octanol–water partition coefficient (Wildman–Crippen LogP) is 3.83. The van der Waals surface area contributed by atoms with Gasteiger partial charge in [-0.05, 0) is 25.1 Å². The van der Waals surface area contributed by atoms with Gasteiger partial charge < -0.3 is 9.88 Å². The first kappa shape index (κ1) is 17.0. The van der Waals surface area contributed by atoms with Crippen molar-refractivity contribution in [2.75, 3.05) is 5.32 Å². The van der Waals surface area contributed by atoms with Crippen LogP contribution in [0.25, 0.3) is 11.3 Å². The second-order valence-corrected chi connectivity index (χ2v) is 5.86. The van der Waals surface area contributed by atoms with Gasteiger partial charge in [0.15, 0.2) is 0 Å². The van der Waals surface area contributed by atoms with Crippen molar-refractivity contribution in [1.29, 1.82) is 0 Å². The first-order chi connectivity index (χ1) is 11.8. The molecular weight excluding hydrogens is 350 g/mol. The van der Waals surface area contributed by atoms with Gasteiger partial charge in [0.05, 0.1) is 11.4 Å². The third-order valence-electron chi connectivity index (χ3n) is 3.53.